The van der Waals surface area contributed by atoms with Crippen LogP contribution in [-0.2, 0) is 20.9 Å². The molecule has 0 aliphatic heterocycles. The lowest BCUT2D eigenvalue weighted by Crippen LogP contribution is -2.38. The SMILES string of the molecule is COCCCNC(=O)C(=O)N/N=C\c1cccc(OC)c1OCc1c(Cl)cccc1Cl. The molecule has 0 heterocycles. The predicted molar refractivity (Wildman–Crippen MR) is 119 cm³/mol. The Kier molecular flexibility index (Phi) is 10.1. The maximum Gasteiger partial charge on any atom is 0.329 e. The smallest absolute Gasteiger partial charge is 0.329 e. The summed E-state index contributed by atoms with van der Waals surface area (Å²) >= 11 is 12.4. The van der Waals surface area contributed by atoms with Gasteiger partial charge in [-0.3, -0.25) is 9.59 Å². The van der Waals surface area contributed by atoms with Crippen molar-refractivity contribution < 1.29 is 23.8 Å². The highest BCUT2D eigenvalue weighted by Crippen LogP contribution is 2.32. The molecule has 10 heteroatoms. The van der Waals surface area contributed by atoms with Crippen molar-refractivity contribution >= 4 is 41.2 Å². The lowest BCUT2D eigenvalue weighted by Gasteiger charge is -2.14. The fraction of sp³-hybridized carbons (Fsp3) is 0.286. The number of carbonyl (C=O) groups excluding carboxylic acids is 2. The monoisotopic (exact) mass is 467 g/mol. The average molecular weight is 468 g/mol. The van der Waals surface area contributed by atoms with E-state index in [4.69, 9.17) is 37.4 Å². The van der Waals surface area contributed by atoms with Crippen LogP contribution in [-0.4, -0.2) is 45.4 Å². The second kappa shape index (κ2) is 12.8. The Hall–Kier alpha value is -2.81. The van der Waals surface area contributed by atoms with Crippen LogP contribution in [0.3, 0.4) is 0 Å². The molecule has 8 nitrogen and oxygen atoms in total. The Morgan fingerprint density at radius 3 is 2.45 bits per heavy atom. The Morgan fingerprint density at radius 1 is 1.06 bits per heavy atom. The predicted octanol–water partition coefficient (Wildman–Crippen LogP) is 3.18. The number of hydrogen-bond donors (Lipinski definition) is 2. The highest BCUT2D eigenvalue weighted by Gasteiger charge is 2.14. The molecule has 0 aromatic heterocycles. The van der Waals surface area contributed by atoms with Crippen molar-refractivity contribution in [3.05, 3.63) is 57.6 Å². The summed E-state index contributed by atoms with van der Waals surface area (Å²) in [7, 11) is 3.06. The molecular formula is C21H23Cl2N3O5. The molecule has 0 aliphatic carbocycles. The first kappa shape index (κ1) is 24.5. The first-order valence-electron chi connectivity index (χ1n) is 9.30. The minimum atomic E-state index is -0.887. The third-order valence-electron chi connectivity index (χ3n) is 4.04. The molecule has 0 spiro atoms. The second-order valence-electron chi connectivity index (χ2n) is 6.17. The molecule has 31 heavy (non-hydrogen) atoms. The fourth-order valence-corrected chi connectivity index (χ4v) is 2.98. The van der Waals surface area contributed by atoms with E-state index in [9.17, 15) is 9.59 Å². The third-order valence-corrected chi connectivity index (χ3v) is 4.75. The average Bonchev–Trinajstić information content (AvgIpc) is 2.76. The number of carbonyl (C=O) groups is 2. The fourth-order valence-electron chi connectivity index (χ4n) is 2.47. The van der Waals surface area contributed by atoms with E-state index in [2.05, 4.69) is 15.8 Å². The highest BCUT2D eigenvalue weighted by atomic mass is 35.5. The van der Waals surface area contributed by atoms with E-state index in [1.165, 1.54) is 13.3 Å². The standard InChI is InChI=1S/C21H23Cl2N3O5/c1-29-11-5-10-24-20(27)21(28)26-25-12-14-6-3-9-18(30-2)19(14)31-13-15-16(22)7-4-8-17(15)23/h3-4,6-9,12H,5,10-11,13H2,1-2H3,(H,24,27)(H,26,28)/b25-12-. The molecule has 2 aromatic rings. The van der Waals surface area contributed by atoms with Crippen LogP contribution in [0.25, 0.3) is 0 Å². The molecular weight excluding hydrogens is 445 g/mol. The summed E-state index contributed by atoms with van der Waals surface area (Å²) in [4.78, 5) is 23.6. The lowest BCUT2D eigenvalue weighted by molar-refractivity contribution is -0.139. The Labute approximate surface area is 190 Å². The van der Waals surface area contributed by atoms with E-state index in [0.29, 0.717) is 52.2 Å². The molecule has 2 N–H and O–H groups in total. The Bertz CT molecular complexity index is 917. The summed E-state index contributed by atoms with van der Waals surface area (Å²) in [5, 5.41) is 7.25. The molecule has 2 aromatic carbocycles. The van der Waals surface area contributed by atoms with E-state index in [0.717, 1.165) is 0 Å². The molecule has 0 saturated carbocycles. The first-order valence-corrected chi connectivity index (χ1v) is 10.1. The van der Waals surface area contributed by atoms with Crippen LogP contribution in [0.1, 0.15) is 17.5 Å². The molecule has 0 aliphatic rings. The zero-order valence-electron chi connectivity index (χ0n) is 17.1. The summed E-state index contributed by atoms with van der Waals surface area (Å²) in [6.45, 7) is 0.899. The number of para-hydroxylation sites is 1. The number of hydrogen-bond acceptors (Lipinski definition) is 6. The van der Waals surface area contributed by atoms with Crippen LogP contribution in [0, 0.1) is 0 Å². The van der Waals surface area contributed by atoms with Gasteiger partial charge < -0.3 is 19.5 Å². The van der Waals surface area contributed by atoms with Crippen molar-refractivity contribution in [2.75, 3.05) is 27.4 Å². The topological polar surface area (TPSA) is 98.2 Å². The number of nitrogens with one attached hydrogen (secondary N) is 2. The van der Waals surface area contributed by atoms with Crippen LogP contribution >= 0.6 is 23.2 Å². The van der Waals surface area contributed by atoms with Gasteiger partial charge in [0.1, 0.15) is 6.61 Å². The van der Waals surface area contributed by atoms with Gasteiger partial charge in [0.25, 0.3) is 0 Å². The normalized spacial score (nSPS) is 10.7. The van der Waals surface area contributed by atoms with Gasteiger partial charge in [-0.25, -0.2) is 5.43 Å². The minimum absolute atomic E-state index is 0.0932. The number of halogens is 2. The zero-order chi connectivity index (χ0) is 22.6. The molecule has 2 amide bonds. The highest BCUT2D eigenvalue weighted by molar-refractivity contribution is 6.36. The maximum absolute atomic E-state index is 11.8. The van der Waals surface area contributed by atoms with Gasteiger partial charge in [0.05, 0.1) is 13.3 Å². The van der Waals surface area contributed by atoms with Gasteiger partial charge in [-0.1, -0.05) is 35.3 Å². The van der Waals surface area contributed by atoms with Gasteiger partial charge in [0, 0.05) is 41.4 Å². The van der Waals surface area contributed by atoms with Crippen LogP contribution in [0.2, 0.25) is 10.0 Å². The van der Waals surface area contributed by atoms with E-state index in [1.807, 2.05) is 0 Å². The molecule has 0 radical (unpaired) electrons. The van der Waals surface area contributed by atoms with E-state index >= 15 is 0 Å². The van der Waals surface area contributed by atoms with Crippen molar-refractivity contribution in [2.24, 2.45) is 5.10 Å². The van der Waals surface area contributed by atoms with Crippen molar-refractivity contribution in [3.8, 4) is 11.5 Å². The van der Waals surface area contributed by atoms with Crippen LogP contribution in [0.15, 0.2) is 41.5 Å². The van der Waals surface area contributed by atoms with Gasteiger partial charge in [-0.2, -0.15) is 5.10 Å². The number of nitrogens with zero attached hydrogens (tertiary/aromatic N) is 1. The van der Waals surface area contributed by atoms with Crippen molar-refractivity contribution in [3.63, 3.8) is 0 Å². The number of rotatable bonds is 10. The first-order chi connectivity index (χ1) is 15.0. The maximum atomic E-state index is 11.8. The summed E-state index contributed by atoms with van der Waals surface area (Å²) in [5.41, 5.74) is 3.32. The van der Waals surface area contributed by atoms with Crippen molar-refractivity contribution in [1.82, 2.24) is 10.7 Å². The van der Waals surface area contributed by atoms with Crippen molar-refractivity contribution in [2.45, 2.75) is 13.0 Å². The van der Waals surface area contributed by atoms with E-state index < -0.39 is 11.8 Å². The van der Waals surface area contributed by atoms with Gasteiger partial charge in [0.2, 0.25) is 0 Å². The molecule has 0 bridgehead atoms. The van der Waals surface area contributed by atoms with Crippen LogP contribution in [0.5, 0.6) is 11.5 Å². The zero-order valence-corrected chi connectivity index (χ0v) is 18.6. The van der Waals surface area contributed by atoms with Gasteiger partial charge in [-0.15, -0.1) is 0 Å². The Balaban J connectivity index is 2.06. The summed E-state index contributed by atoms with van der Waals surface area (Å²) in [6, 6.07) is 10.3. The number of hydrazone groups is 1. The number of methoxy groups -OCH3 is 2. The molecule has 2 rings (SSSR count). The molecule has 0 saturated heterocycles. The van der Waals surface area contributed by atoms with Crippen LogP contribution in [0.4, 0.5) is 0 Å². The molecule has 0 unspecified atom stereocenters. The lowest BCUT2D eigenvalue weighted by atomic mass is 10.2. The molecule has 166 valence electrons. The van der Waals surface area contributed by atoms with Gasteiger partial charge in [-0.05, 0) is 30.7 Å². The summed E-state index contributed by atoms with van der Waals surface area (Å²) < 4.78 is 16.1. The summed E-state index contributed by atoms with van der Waals surface area (Å²) in [6.07, 6.45) is 1.95. The van der Waals surface area contributed by atoms with Crippen molar-refractivity contribution in [1.29, 1.82) is 0 Å². The number of amides is 2. The molecule has 0 fully saturated rings. The third kappa shape index (κ3) is 7.43. The summed E-state index contributed by atoms with van der Waals surface area (Å²) in [5.74, 6) is -0.844. The Morgan fingerprint density at radius 2 is 1.77 bits per heavy atom. The van der Waals surface area contributed by atoms with E-state index in [1.54, 1.807) is 43.5 Å². The number of benzene rings is 2. The van der Waals surface area contributed by atoms with Gasteiger partial charge >= 0.3 is 11.8 Å². The quantitative estimate of drug-likeness (QED) is 0.242. The molecule has 0 atom stereocenters. The van der Waals surface area contributed by atoms with Crippen LogP contribution < -0.4 is 20.2 Å². The second-order valence-corrected chi connectivity index (χ2v) is 6.98. The van der Waals surface area contributed by atoms with Gasteiger partial charge in [0.15, 0.2) is 11.5 Å². The largest absolute Gasteiger partial charge is 0.493 e. The number of ether oxygens (including phenoxy) is 3. The van der Waals surface area contributed by atoms with E-state index in [-0.39, 0.29) is 6.61 Å². The minimum Gasteiger partial charge on any atom is -0.493 e.